The van der Waals surface area contributed by atoms with Gasteiger partial charge in [-0.1, -0.05) is 0 Å². The summed E-state index contributed by atoms with van der Waals surface area (Å²) in [6, 6.07) is -9.51. The van der Waals surface area contributed by atoms with E-state index in [9.17, 15) is 182 Å². The Bertz CT molecular complexity index is 3630. The number of carboxylic acids is 1. The molecule has 9 aliphatic heterocycles. The average Bonchev–Trinajstić information content (AvgIpc) is 0.765. The van der Waals surface area contributed by atoms with Crippen LogP contribution in [-0.4, -0.2) is 567 Å². The van der Waals surface area contributed by atoms with Crippen molar-refractivity contribution < 1.29 is 267 Å². The molecule has 0 unspecified atom stereocenters. The van der Waals surface area contributed by atoms with Gasteiger partial charge in [-0.05, 0) is 0 Å². The molecule has 0 spiro atoms. The zero-order valence-electron chi connectivity index (χ0n) is 71.0. The van der Waals surface area contributed by atoms with E-state index in [2.05, 4.69) is 26.6 Å². The first-order chi connectivity index (χ1) is 62.2. The number of hydrogen-bond acceptors (Lipinski definition) is 53. The fourth-order valence-electron chi connectivity index (χ4n) is 16.5. The van der Waals surface area contributed by atoms with Crippen LogP contribution in [0.5, 0.6) is 0 Å². The summed E-state index contributed by atoms with van der Waals surface area (Å²) in [6.07, 6.45) is -98.8. The van der Waals surface area contributed by atoms with E-state index in [4.69, 9.17) is 85.3 Å². The number of rotatable bonds is 40. The Hall–Kier alpha value is -5.06. The van der Waals surface area contributed by atoms with Crippen molar-refractivity contribution in [3.8, 4) is 0 Å². The Morgan fingerprint density at radius 2 is 0.689 bits per heavy atom. The van der Waals surface area contributed by atoms with Crippen molar-refractivity contribution in [2.24, 2.45) is 0 Å². The van der Waals surface area contributed by atoms with E-state index < -0.39 is 421 Å². The fourth-order valence-corrected chi connectivity index (χ4v) is 16.5. The summed E-state index contributed by atoms with van der Waals surface area (Å²) < 4.78 is 107. The molecule has 5 amide bonds. The summed E-state index contributed by atoms with van der Waals surface area (Å²) in [6.45, 7) is -8.55. The van der Waals surface area contributed by atoms with E-state index >= 15 is 0 Å². The Kier molecular flexibility index (Phi) is 40.8. The number of carbonyl (C=O) groups excluding carboxylic acids is 5. The summed E-state index contributed by atoms with van der Waals surface area (Å²) in [5, 5.41) is 346. The number of nitrogens with one attached hydrogen (secondary N) is 5. The molecule has 9 heterocycles. The monoisotopic (exact) mass is 1930 g/mol. The molecule has 0 bridgehead atoms. The van der Waals surface area contributed by atoms with E-state index in [1.54, 1.807) is 0 Å². The Morgan fingerprint density at radius 1 is 0.341 bits per heavy atom. The molecule has 9 fully saturated rings. The average molecular weight is 1930 g/mol. The Balaban J connectivity index is 1.04. The molecular weight excluding hydrogens is 1810 g/mol. The lowest BCUT2D eigenvalue weighted by Crippen LogP contribution is -2.70. The Labute approximate surface area is 747 Å². The molecule has 0 radical (unpaired) electrons. The third-order valence-corrected chi connectivity index (χ3v) is 23.5. The third kappa shape index (κ3) is 25.2. The van der Waals surface area contributed by atoms with E-state index in [1.165, 1.54) is 0 Å². The smallest absolute Gasteiger partial charge is 0.364 e. The first-order valence-electron chi connectivity index (χ1n) is 41.7. The number of hydrogen-bond donors (Lipinski definition) is 35. The minimum atomic E-state index is -3.11. The predicted molar refractivity (Wildman–Crippen MR) is 407 cm³/mol. The molecule has 59 heteroatoms. The normalized spacial score (nSPS) is 44.7. The van der Waals surface area contributed by atoms with Crippen molar-refractivity contribution in [1.29, 1.82) is 0 Å². The third-order valence-electron chi connectivity index (χ3n) is 23.5. The van der Waals surface area contributed by atoms with Crippen LogP contribution >= 0.6 is 0 Å². The van der Waals surface area contributed by atoms with E-state index in [0.717, 1.165) is 34.6 Å². The highest BCUT2D eigenvalue weighted by Crippen LogP contribution is 2.42. The highest BCUT2D eigenvalue weighted by atomic mass is 16.8. The van der Waals surface area contributed by atoms with Crippen molar-refractivity contribution in [1.82, 2.24) is 26.6 Å². The summed E-state index contributed by atoms with van der Waals surface area (Å²) >= 11 is 0. The van der Waals surface area contributed by atoms with Crippen molar-refractivity contribution in [2.45, 2.75) is 347 Å². The minimum Gasteiger partial charge on any atom is -0.477 e. The van der Waals surface area contributed by atoms with Crippen molar-refractivity contribution in [3.63, 3.8) is 0 Å². The van der Waals surface area contributed by atoms with Gasteiger partial charge in [-0.3, -0.25) is 24.0 Å². The quantitative estimate of drug-likeness (QED) is 0.0271. The van der Waals surface area contributed by atoms with Crippen LogP contribution in [0.25, 0.3) is 0 Å². The predicted octanol–water partition coefficient (Wildman–Crippen LogP) is -23.2. The molecule has 35 N–H and O–H groups in total. The molecule has 0 aliphatic carbocycles. The van der Waals surface area contributed by atoms with E-state index in [-0.39, 0.29) is 0 Å². The lowest BCUT2D eigenvalue weighted by molar-refractivity contribution is -0.399. The molecule has 132 heavy (non-hydrogen) atoms. The molecule has 764 valence electrons. The molecule has 0 aromatic rings. The maximum atomic E-state index is 13.2. The molecule has 0 aromatic carbocycles. The van der Waals surface area contributed by atoms with E-state index in [1.807, 2.05) is 0 Å². The van der Waals surface area contributed by atoms with Crippen LogP contribution in [0.3, 0.4) is 0 Å². The van der Waals surface area contributed by atoms with Gasteiger partial charge in [0.15, 0.2) is 50.3 Å². The second kappa shape index (κ2) is 48.7. The fraction of sp³-hybridized carbons (Fsp3) is 0.918. The van der Waals surface area contributed by atoms with Gasteiger partial charge in [-0.25, -0.2) is 4.79 Å². The summed E-state index contributed by atoms with van der Waals surface area (Å²) in [5.74, 6) is -9.93. The molecule has 59 nitrogen and oxygen atoms in total. The first-order valence-corrected chi connectivity index (χ1v) is 41.7. The maximum Gasteiger partial charge on any atom is 0.364 e. The van der Waals surface area contributed by atoms with Gasteiger partial charge in [0.05, 0.1) is 90.9 Å². The van der Waals surface area contributed by atoms with Gasteiger partial charge in [-0.15, -0.1) is 0 Å². The molecule has 9 rings (SSSR count). The minimum absolute atomic E-state index is 0.841. The molecule has 9 aliphatic rings. The van der Waals surface area contributed by atoms with Crippen molar-refractivity contribution >= 4 is 35.5 Å². The van der Waals surface area contributed by atoms with Crippen molar-refractivity contribution in [2.75, 3.05) is 72.7 Å². The topological polar surface area (TPSA) is 936 Å². The van der Waals surface area contributed by atoms with Gasteiger partial charge in [0, 0.05) is 41.0 Å². The summed E-state index contributed by atoms with van der Waals surface area (Å²) in [5.41, 5.74) is 0. The van der Waals surface area contributed by atoms with Crippen LogP contribution in [0.2, 0.25) is 0 Å². The lowest BCUT2D eigenvalue weighted by Gasteiger charge is -2.51. The molecule has 0 aromatic heterocycles. The Morgan fingerprint density at radius 3 is 1.10 bits per heavy atom. The number of aliphatic carboxylic acids is 1. The van der Waals surface area contributed by atoms with Gasteiger partial charge >= 0.3 is 5.97 Å². The van der Waals surface area contributed by atoms with Gasteiger partial charge < -0.3 is 265 Å². The van der Waals surface area contributed by atoms with Gasteiger partial charge in [-0.2, -0.15) is 0 Å². The molecule has 9 saturated heterocycles. The van der Waals surface area contributed by atoms with Crippen LogP contribution in [0.15, 0.2) is 0 Å². The lowest BCUT2D eigenvalue weighted by atomic mass is 9.88. The van der Waals surface area contributed by atoms with Gasteiger partial charge in [0.2, 0.25) is 29.5 Å². The highest BCUT2D eigenvalue weighted by molar-refractivity contribution is 5.77. The van der Waals surface area contributed by atoms with Crippen LogP contribution in [0.4, 0.5) is 0 Å². The number of carbonyl (C=O) groups is 6. The number of aliphatic hydroxyl groups excluding tert-OH is 29. The van der Waals surface area contributed by atoms with Crippen LogP contribution in [0, 0.1) is 0 Å². The maximum absolute atomic E-state index is 13.2. The van der Waals surface area contributed by atoms with Crippen LogP contribution < -0.4 is 26.6 Å². The van der Waals surface area contributed by atoms with Gasteiger partial charge in [0.25, 0.3) is 5.79 Å². The number of aliphatic hydroxyl groups is 29. The largest absolute Gasteiger partial charge is 0.477 e. The summed E-state index contributed by atoms with van der Waals surface area (Å²) in [4.78, 5) is 76.6. The van der Waals surface area contributed by atoms with Crippen LogP contribution in [0.1, 0.15) is 41.0 Å². The number of amides is 5. The second-order valence-electron chi connectivity index (χ2n) is 32.9. The second-order valence-corrected chi connectivity index (χ2v) is 32.9. The van der Waals surface area contributed by atoms with Gasteiger partial charge in [0.1, 0.15) is 232 Å². The SMILES string of the molecule is CC(=O)N[C@H]1[C@H](O[C@@H]([C@H](O)[C@H](CO)NC(C)=O)[C@H](O)CO)O[C@H](CO)[C@@H](O[C@@H]2O[C@H](CO[C@H]3O[C@H](CO)[C@@H](O)[C@H](O)[C@@H]3O[C@@H]3O[C@H](CO)[C@@H](O[C@@H]4O[C@H](CO)[C@H](O)[C@H](O)[C@H]4O)[C@H](O)[C@H]3NC(C)=O)[C@@H](O)[C@H](O[C@H]3O[C@H](CO)[C@@H](O)[C@H](O)[C@@H]3O[C@@H]3O[C@H](CO)[C@@H](O[C@@H]4O[C@H](CO[C@]5(C(=O)O)C[C@H](O)[C@@H](NC(C)=O)[C@H]([C@H](O)[C@H](O)CO)O5)[C@H](O)[C@H](O)[C@H]4O)[C@H](O)[C@H]3NC(C)=O)[C@@H]2O)[C@@H]1O. The van der Waals surface area contributed by atoms with Crippen molar-refractivity contribution in [3.05, 3.63) is 0 Å². The van der Waals surface area contributed by atoms with Crippen LogP contribution in [-0.2, 0) is 114 Å². The number of carboxylic acid groups (broad SMARTS) is 1. The summed E-state index contributed by atoms with van der Waals surface area (Å²) in [7, 11) is 0. The van der Waals surface area contributed by atoms with E-state index in [0.29, 0.717) is 0 Å². The zero-order chi connectivity index (χ0) is 98.0. The highest BCUT2D eigenvalue weighted by Gasteiger charge is 2.63. The molecular formula is C73H123N5O54. The standard InChI is InChI=1S/C73H123N5O54/c1-18(88)74-23(7-79)39(96)56(26(95)9-81)125-64-36(76-20(3)90)46(103)59(32(15-87)120-64)128-69-55(112)61(45(102)33(123-69)16-115-70-62(51(108)42(99)28(11-83)118-70)130-65-37(77-21(4)91)47(104)57(30(13-85)121-65)126-67-53(110)49(106)41(98)27(10-82)117-67)129-71-63(52(109)43(100)29(12-84)119-71)131-66-38(78-22(5)92)48(105)58(31(14-86)122-66)127-68-54(111)50(107)44(101)34(124-68)17-116-73(72(113)114)6-24(93)35(75-19(2)89)60(132-73)40(97)25(94)8-80/h23-71,79-87,93-112H,6-17H2,1-5H3,(H,74,88)(H,75,89)(H,76,90)(H,77,91)(H,78,92)(H,113,114)/t23-,24-,25+,26+,27+,28+,29+,30+,31+,32+,33+,34+,35+,36+,37+,38+,39+,40+,41-,42+,43+,44-,45+,46+,47+,48+,49-,50-,51-,52-,53+,54+,55-,56+,57+,58+,59+,60+,61-,62-,63-,64-,65-,66-,67-,68-,69-,70-,71+,73+/m0/s1. The zero-order valence-corrected chi connectivity index (χ0v) is 71.0. The number of ether oxygens (including phenoxy) is 18. The first kappa shape index (κ1) is 111. The molecule has 50 atom stereocenters. The molecule has 0 saturated carbocycles.